The van der Waals surface area contributed by atoms with E-state index in [-0.39, 0.29) is 12.2 Å². The Morgan fingerprint density at radius 2 is 2.00 bits per heavy atom. The zero-order chi connectivity index (χ0) is 12.3. The highest BCUT2D eigenvalue weighted by Gasteiger charge is 2.51. The van der Waals surface area contributed by atoms with Gasteiger partial charge in [0.1, 0.15) is 11.9 Å². The van der Waals surface area contributed by atoms with Crippen LogP contribution in [-0.4, -0.2) is 17.3 Å². The number of rotatable bonds is 2. The standard InChI is InChI=1S/C16H20O2/c1-10-2-3-14(18-12-8-11(17)9-12)15-13(10)4-5-16(15)6-7-16/h2-3,11-12,17H,4-9H2,1H3. The Morgan fingerprint density at radius 1 is 1.22 bits per heavy atom. The minimum Gasteiger partial charge on any atom is -0.490 e. The van der Waals surface area contributed by atoms with Gasteiger partial charge in [-0.25, -0.2) is 0 Å². The van der Waals surface area contributed by atoms with Gasteiger partial charge < -0.3 is 9.84 Å². The van der Waals surface area contributed by atoms with E-state index in [1.54, 1.807) is 5.56 Å². The number of aliphatic hydroxyl groups excluding tert-OH is 1. The van der Waals surface area contributed by atoms with Gasteiger partial charge in [0.25, 0.3) is 0 Å². The SMILES string of the molecule is Cc1ccc(OC2CC(O)C2)c2c1CCC21CC1. The van der Waals surface area contributed by atoms with Crippen LogP contribution >= 0.6 is 0 Å². The molecule has 2 heteroatoms. The second-order valence-corrected chi connectivity index (χ2v) is 6.38. The Balaban J connectivity index is 1.69. The van der Waals surface area contributed by atoms with Crippen LogP contribution in [0.2, 0.25) is 0 Å². The summed E-state index contributed by atoms with van der Waals surface area (Å²) in [5.41, 5.74) is 4.96. The molecule has 18 heavy (non-hydrogen) atoms. The average Bonchev–Trinajstić information content (AvgIpc) is 2.96. The largest absolute Gasteiger partial charge is 0.490 e. The van der Waals surface area contributed by atoms with E-state index in [1.807, 2.05) is 0 Å². The molecular weight excluding hydrogens is 224 g/mol. The quantitative estimate of drug-likeness (QED) is 0.866. The van der Waals surface area contributed by atoms with Crippen molar-refractivity contribution in [2.75, 3.05) is 0 Å². The van der Waals surface area contributed by atoms with Crippen molar-refractivity contribution >= 4 is 0 Å². The van der Waals surface area contributed by atoms with Crippen LogP contribution in [-0.2, 0) is 11.8 Å². The zero-order valence-electron chi connectivity index (χ0n) is 10.9. The highest BCUT2D eigenvalue weighted by molar-refractivity contribution is 5.55. The fourth-order valence-corrected chi connectivity index (χ4v) is 3.69. The van der Waals surface area contributed by atoms with E-state index in [0.29, 0.717) is 5.41 Å². The monoisotopic (exact) mass is 244 g/mol. The molecule has 0 atom stereocenters. The van der Waals surface area contributed by atoms with E-state index in [2.05, 4.69) is 19.1 Å². The van der Waals surface area contributed by atoms with Crippen LogP contribution in [0.5, 0.6) is 5.75 Å². The fraction of sp³-hybridized carbons (Fsp3) is 0.625. The number of aliphatic hydroxyl groups is 1. The Hall–Kier alpha value is -1.02. The molecule has 1 aromatic rings. The summed E-state index contributed by atoms with van der Waals surface area (Å²) in [7, 11) is 0. The molecule has 1 spiro atoms. The molecule has 0 saturated heterocycles. The van der Waals surface area contributed by atoms with Crippen LogP contribution in [0.1, 0.15) is 48.8 Å². The molecule has 4 rings (SSSR count). The van der Waals surface area contributed by atoms with Crippen molar-refractivity contribution in [2.45, 2.75) is 63.1 Å². The molecule has 0 aliphatic heterocycles. The molecule has 3 aliphatic rings. The van der Waals surface area contributed by atoms with E-state index >= 15 is 0 Å². The third-order valence-electron chi connectivity index (χ3n) is 5.11. The molecule has 2 nitrogen and oxygen atoms in total. The molecule has 3 aliphatic carbocycles. The molecule has 0 radical (unpaired) electrons. The molecule has 1 N–H and O–H groups in total. The Labute approximate surface area is 108 Å². The molecule has 0 bridgehead atoms. The minimum atomic E-state index is -0.136. The summed E-state index contributed by atoms with van der Waals surface area (Å²) in [5, 5.41) is 9.37. The van der Waals surface area contributed by atoms with Crippen LogP contribution in [0.25, 0.3) is 0 Å². The third kappa shape index (κ3) is 1.45. The summed E-state index contributed by atoms with van der Waals surface area (Å²) in [6, 6.07) is 4.36. The van der Waals surface area contributed by atoms with Crippen molar-refractivity contribution in [3.8, 4) is 5.75 Å². The Morgan fingerprint density at radius 3 is 2.67 bits per heavy atom. The van der Waals surface area contributed by atoms with Gasteiger partial charge in [-0.05, 0) is 55.2 Å². The number of aryl methyl sites for hydroxylation is 1. The maximum absolute atomic E-state index is 9.37. The molecule has 0 amide bonds. The van der Waals surface area contributed by atoms with Gasteiger partial charge in [0, 0.05) is 18.4 Å². The third-order valence-corrected chi connectivity index (χ3v) is 5.11. The Bertz CT molecular complexity index is 496. The van der Waals surface area contributed by atoms with Gasteiger partial charge in [-0.2, -0.15) is 0 Å². The summed E-state index contributed by atoms with van der Waals surface area (Å²) in [5.74, 6) is 1.11. The molecule has 0 unspecified atom stereocenters. The molecule has 0 heterocycles. The highest BCUT2D eigenvalue weighted by atomic mass is 16.5. The average molecular weight is 244 g/mol. The number of hydrogen-bond donors (Lipinski definition) is 1. The summed E-state index contributed by atoms with van der Waals surface area (Å²) in [6.45, 7) is 2.22. The lowest BCUT2D eigenvalue weighted by molar-refractivity contribution is -0.0113. The first-order valence-corrected chi connectivity index (χ1v) is 7.16. The van der Waals surface area contributed by atoms with Gasteiger partial charge in [0.05, 0.1) is 6.10 Å². The second-order valence-electron chi connectivity index (χ2n) is 6.38. The first-order chi connectivity index (χ1) is 8.68. The van der Waals surface area contributed by atoms with Crippen molar-refractivity contribution in [1.82, 2.24) is 0 Å². The van der Waals surface area contributed by atoms with Crippen LogP contribution in [0.15, 0.2) is 12.1 Å². The van der Waals surface area contributed by atoms with Crippen molar-refractivity contribution < 1.29 is 9.84 Å². The zero-order valence-corrected chi connectivity index (χ0v) is 10.9. The van der Waals surface area contributed by atoms with Crippen molar-refractivity contribution in [2.24, 2.45) is 0 Å². The summed E-state index contributed by atoms with van der Waals surface area (Å²) in [4.78, 5) is 0. The van der Waals surface area contributed by atoms with Gasteiger partial charge in [0.15, 0.2) is 0 Å². The van der Waals surface area contributed by atoms with E-state index < -0.39 is 0 Å². The predicted octanol–water partition coefficient (Wildman–Crippen LogP) is 2.87. The lowest BCUT2D eigenvalue weighted by Gasteiger charge is -2.33. The summed E-state index contributed by atoms with van der Waals surface area (Å²) >= 11 is 0. The smallest absolute Gasteiger partial charge is 0.123 e. The maximum Gasteiger partial charge on any atom is 0.123 e. The van der Waals surface area contributed by atoms with Crippen LogP contribution in [0.4, 0.5) is 0 Å². The lowest BCUT2D eigenvalue weighted by Crippen LogP contribution is -2.37. The normalized spacial score (nSPS) is 31.0. The van der Waals surface area contributed by atoms with Crippen molar-refractivity contribution in [3.63, 3.8) is 0 Å². The molecule has 0 aromatic heterocycles. The number of benzene rings is 1. The van der Waals surface area contributed by atoms with Gasteiger partial charge in [-0.15, -0.1) is 0 Å². The highest BCUT2D eigenvalue weighted by Crippen LogP contribution is 2.60. The first kappa shape index (κ1) is 10.9. The van der Waals surface area contributed by atoms with Crippen molar-refractivity contribution in [3.05, 3.63) is 28.8 Å². The van der Waals surface area contributed by atoms with Gasteiger partial charge in [-0.1, -0.05) is 6.07 Å². The van der Waals surface area contributed by atoms with E-state index in [1.165, 1.54) is 36.8 Å². The van der Waals surface area contributed by atoms with Crippen molar-refractivity contribution in [1.29, 1.82) is 0 Å². The minimum absolute atomic E-state index is 0.136. The summed E-state index contributed by atoms with van der Waals surface area (Å²) < 4.78 is 6.13. The number of hydrogen-bond acceptors (Lipinski definition) is 2. The second kappa shape index (κ2) is 3.51. The van der Waals surface area contributed by atoms with E-state index in [0.717, 1.165) is 18.6 Å². The van der Waals surface area contributed by atoms with Crippen LogP contribution in [0.3, 0.4) is 0 Å². The molecule has 1 aromatic carbocycles. The fourth-order valence-electron chi connectivity index (χ4n) is 3.69. The maximum atomic E-state index is 9.37. The first-order valence-electron chi connectivity index (χ1n) is 7.16. The summed E-state index contributed by atoms with van der Waals surface area (Å²) in [6.07, 6.45) is 6.93. The van der Waals surface area contributed by atoms with Crippen LogP contribution < -0.4 is 4.74 Å². The van der Waals surface area contributed by atoms with Gasteiger partial charge >= 0.3 is 0 Å². The lowest BCUT2D eigenvalue weighted by atomic mass is 9.91. The van der Waals surface area contributed by atoms with E-state index in [9.17, 15) is 5.11 Å². The topological polar surface area (TPSA) is 29.5 Å². The van der Waals surface area contributed by atoms with Crippen LogP contribution in [0, 0.1) is 6.92 Å². The number of ether oxygens (including phenoxy) is 1. The van der Waals surface area contributed by atoms with Gasteiger partial charge in [-0.3, -0.25) is 0 Å². The molecular formula is C16H20O2. The van der Waals surface area contributed by atoms with Gasteiger partial charge in [0.2, 0.25) is 0 Å². The molecule has 96 valence electrons. The molecule has 2 saturated carbocycles. The Kier molecular flexibility index (Phi) is 2.12. The molecule has 2 fully saturated rings. The number of fused-ring (bicyclic) bond motifs is 2. The van der Waals surface area contributed by atoms with E-state index in [4.69, 9.17) is 4.74 Å². The predicted molar refractivity (Wildman–Crippen MR) is 70.1 cm³/mol.